The summed E-state index contributed by atoms with van der Waals surface area (Å²) in [7, 11) is 3.21. The molecule has 0 bridgehead atoms. The summed E-state index contributed by atoms with van der Waals surface area (Å²) in [5, 5.41) is 10.1. The van der Waals surface area contributed by atoms with Crippen molar-refractivity contribution in [3.63, 3.8) is 0 Å². The highest BCUT2D eigenvalue weighted by molar-refractivity contribution is 5.33. The molecule has 0 spiro atoms. The van der Waals surface area contributed by atoms with Gasteiger partial charge in [-0.25, -0.2) is 9.37 Å². The second-order valence-corrected chi connectivity index (χ2v) is 3.72. The van der Waals surface area contributed by atoms with Crippen LogP contribution in [0, 0.1) is 5.82 Å². The third-order valence-electron chi connectivity index (χ3n) is 2.64. The maximum absolute atomic E-state index is 13.7. The number of hydrogen-bond donors (Lipinski definition) is 1. The molecule has 1 aromatic heterocycles. The fourth-order valence-electron chi connectivity index (χ4n) is 1.65. The standard InChI is InChI=1S/C12H13FN2O2/c1-15-7-14-6-11(15)12(16)9-4-3-8(17-2)5-10(9)13/h3-7,12,16H,1-2H3. The predicted molar refractivity (Wildman–Crippen MR) is 60.2 cm³/mol. The molecule has 0 aliphatic heterocycles. The summed E-state index contributed by atoms with van der Waals surface area (Å²) >= 11 is 0. The van der Waals surface area contributed by atoms with E-state index in [1.54, 1.807) is 24.0 Å². The van der Waals surface area contributed by atoms with Crippen LogP contribution in [0.4, 0.5) is 4.39 Å². The summed E-state index contributed by atoms with van der Waals surface area (Å²) in [5.74, 6) is -0.0819. The van der Waals surface area contributed by atoms with Crippen LogP contribution in [0.15, 0.2) is 30.7 Å². The third kappa shape index (κ3) is 2.14. The van der Waals surface area contributed by atoms with Crippen LogP contribution < -0.4 is 4.74 Å². The van der Waals surface area contributed by atoms with Gasteiger partial charge in [-0.15, -0.1) is 0 Å². The number of imidazole rings is 1. The van der Waals surface area contributed by atoms with E-state index >= 15 is 0 Å². The van der Waals surface area contributed by atoms with Crippen LogP contribution in [0.2, 0.25) is 0 Å². The number of nitrogens with zero attached hydrogens (tertiary/aromatic N) is 2. The van der Waals surface area contributed by atoms with Crippen molar-refractivity contribution in [1.82, 2.24) is 9.55 Å². The van der Waals surface area contributed by atoms with Gasteiger partial charge >= 0.3 is 0 Å². The average Bonchev–Trinajstić information content (AvgIpc) is 2.74. The average molecular weight is 236 g/mol. The van der Waals surface area contributed by atoms with E-state index in [1.807, 2.05) is 0 Å². The molecule has 1 unspecified atom stereocenters. The highest BCUT2D eigenvalue weighted by Crippen LogP contribution is 2.26. The number of benzene rings is 1. The van der Waals surface area contributed by atoms with Crippen LogP contribution in [0.5, 0.6) is 5.75 Å². The molecular weight excluding hydrogens is 223 g/mol. The summed E-state index contributed by atoms with van der Waals surface area (Å²) in [4.78, 5) is 3.89. The molecular formula is C12H13FN2O2. The van der Waals surface area contributed by atoms with E-state index < -0.39 is 11.9 Å². The van der Waals surface area contributed by atoms with Gasteiger partial charge in [-0.3, -0.25) is 0 Å². The van der Waals surface area contributed by atoms with Gasteiger partial charge in [-0.2, -0.15) is 0 Å². The molecule has 90 valence electrons. The number of aliphatic hydroxyl groups is 1. The van der Waals surface area contributed by atoms with Crippen molar-refractivity contribution in [2.75, 3.05) is 7.11 Å². The van der Waals surface area contributed by atoms with Gasteiger partial charge < -0.3 is 14.4 Å². The summed E-state index contributed by atoms with van der Waals surface area (Å²) in [6.07, 6.45) is 2.03. The van der Waals surface area contributed by atoms with Crippen molar-refractivity contribution < 1.29 is 14.2 Å². The SMILES string of the molecule is COc1ccc(C(O)c2cncn2C)c(F)c1. The van der Waals surface area contributed by atoms with Gasteiger partial charge in [0, 0.05) is 18.7 Å². The molecule has 0 radical (unpaired) electrons. The number of aryl methyl sites for hydroxylation is 1. The normalized spacial score (nSPS) is 12.5. The topological polar surface area (TPSA) is 47.3 Å². The molecule has 0 saturated carbocycles. The van der Waals surface area contributed by atoms with E-state index in [1.165, 1.54) is 25.4 Å². The lowest BCUT2D eigenvalue weighted by Gasteiger charge is -2.13. The molecule has 0 fully saturated rings. The number of methoxy groups -OCH3 is 1. The molecule has 0 aliphatic carbocycles. The van der Waals surface area contributed by atoms with E-state index in [2.05, 4.69) is 4.98 Å². The fraction of sp³-hybridized carbons (Fsp3) is 0.250. The van der Waals surface area contributed by atoms with Gasteiger partial charge in [0.1, 0.15) is 17.7 Å². The van der Waals surface area contributed by atoms with Crippen molar-refractivity contribution in [3.8, 4) is 5.75 Å². The Bertz CT molecular complexity index is 525. The first-order chi connectivity index (χ1) is 8.13. The second kappa shape index (κ2) is 4.55. The third-order valence-corrected chi connectivity index (χ3v) is 2.64. The van der Waals surface area contributed by atoms with E-state index in [0.29, 0.717) is 11.4 Å². The van der Waals surface area contributed by atoms with Crippen molar-refractivity contribution in [3.05, 3.63) is 47.8 Å². The number of ether oxygens (including phenoxy) is 1. The lowest BCUT2D eigenvalue weighted by molar-refractivity contribution is 0.206. The van der Waals surface area contributed by atoms with Crippen molar-refractivity contribution >= 4 is 0 Å². The van der Waals surface area contributed by atoms with Crippen molar-refractivity contribution in [2.45, 2.75) is 6.10 Å². The Hall–Kier alpha value is -1.88. The van der Waals surface area contributed by atoms with E-state index in [-0.39, 0.29) is 5.56 Å². The number of halogens is 1. The molecule has 1 atom stereocenters. The highest BCUT2D eigenvalue weighted by atomic mass is 19.1. The van der Waals surface area contributed by atoms with Crippen LogP contribution >= 0.6 is 0 Å². The minimum atomic E-state index is -1.03. The summed E-state index contributed by atoms with van der Waals surface area (Å²) in [6.45, 7) is 0. The zero-order chi connectivity index (χ0) is 12.4. The molecule has 0 saturated heterocycles. The van der Waals surface area contributed by atoms with Gasteiger partial charge in [0.2, 0.25) is 0 Å². The van der Waals surface area contributed by atoms with Crippen LogP contribution in [-0.2, 0) is 7.05 Å². The van der Waals surface area contributed by atoms with Gasteiger partial charge in [0.05, 0.1) is 25.3 Å². The van der Waals surface area contributed by atoms with Gasteiger partial charge in [0.25, 0.3) is 0 Å². The lowest BCUT2D eigenvalue weighted by Crippen LogP contribution is -2.07. The molecule has 1 N–H and O–H groups in total. The molecule has 17 heavy (non-hydrogen) atoms. The van der Waals surface area contributed by atoms with Gasteiger partial charge in [0.15, 0.2) is 0 Å². The van der Waals surface area contributed by atoms with Crippen molar-refractivity contribution in [2.24, 2.45) is 7.05 Å². The predicted octanol–water partition coefficient (Wildman–Crippen LogP) is 1.65. The minimum Gasteiger partial charge on any atom is -0.497 e. The van der Waals surface area contributed by atoms with Crippen LogP contribution in [0.25, 0.3) is 0 Å². The largest absolute Gasteiger partial charge is 0.497 e. The first-order valence-corrected chi connectivity index (χ1v) is 5.11. The Morgan fingerprint density at radius 1 is 1.47 bits per heavy atom. The molecule has 4 nitrogen and oxygen atoms in total. The van der Waals surface area contributed by atoms with Crippen molar-refractivity contribution in [1.29, 1.82) is 0 Å². The molecule has 1 heterocycles. The summed E-state index contributed by atoms with van der Waals surface area (Å²) in [6, 6.07) is 4.36. The Balaban J connectivity index is 2.38. The molecule has 2 aromatic rings. The first kappa shape index (κ1) is 11.6. The van der Waals surface area contributed by atoms with Crippen LogP contribution in [0.3, 0.4) is 0 Å². The Morgan fingerprint density at radius 3 is 2.76 bits per heavy atom. The Kier molecular flexibility index (Phi) is 3.10. The highest BCUT2D eigenvalue weighted by Gasteiger charge is 2.18. The van der Waals surface area contributed by atoms with E-state index in [0.717, 1.165) is 0 Å². The maximum Gasteiger partial charge on any atom is 0.133 e. The fourth-order valence-corrected chi connectivity index (χ4v) is 1.65. The van der Waals surface area contributed by atoms with E-state index in [9.17, 15) is 9.50 Å². The summed E-state index contributed by atoms with van der Waals surface area (Å²) in [5.41, 5.74) is 0.739. The first-order valence-electron chi connectivity index (χ1n) is 5.11. The lowest BCUT2D eigenvalue weighted by atomic mass is 10.1. The number of aromatic nitrogens is 2. The minimum absolute atomic E-state index is 0.203. The Morgan fingerprint density at radius 2 is 2.24 bits per heavy atom. The second-order valence-electron chi connectivity index (χ2n) is 3.72. The number of rotatable bonds is 3. The number of aliphatic hydroxyl groups excluding tert-OH is 1. The van der Waals surface area contributed by atoms with E-state index in [4.69, 9.17) is 4.74 Å². The zero-order valence-corrected chi connectivity index (χ0v) is 9.59. The quantitative estimate of drug-likeness (QED) is 0.881. The van der Waals surface area contributed by atoms with Crippen LogP contribution in [0.1, 0.15) is 17.4 Å². The number of hydrogen-bond acceptors (Lipinski definition) is 3. The molecule has 5 heteroatoms. The maximum atomic E-state index is 13.7. The molecule has 0 aliphatic rings. The zero-order valence-electron chi connectivity index (χ0n) is 9.59. The van der Waals surface area contributed by atoms with Gasteiger partial charge in [-0.05, 0) is 12.1 Å². The monoisotopic (exact) mass is 236 g/mol. The Labute approximate surface area is 98.3 Å². The van der Waals surface area contributed by atoms with Crippen LogP contribution in [-0.4, -0.2) is 21.8 Å². The van der Waals surface area contributed by atoms with Gasteiger partial charge in [-0.1, -0.05) is 0 Å². The summed E-state index contributed by atoms with van der Waals surface area (Å²) < 4.78 is 20.3. The molecule has 0 amide bonds. The smallest absolute Gasteiger partial charge is 0.133 e. The molecule has 1 aromatic carbocycles. The molecule has 2 rings (SSSR count).